The maximum Gasteiger partial charge on any atom is 0.307 e. The van der Waals surface area contributed by atoms with Gasteiger partial charge in [-0.05, 0) is 12.1 Å². The van der Waals surface area contributed by atoms with E-state index < -0.39 is 0 Å². The molecule has 0 aromatic carbocycles. The Bertz CT molecular complexity index is 475. The first-order valence-electron chi connectivity index (χ1n) is 4.06. The Morgan fingerprint density at radius 3 is 2.93 bits per heavy atom. The van der Waals surface area contributed by atoms with Gasteiger partial charge in [-0.3, -0.25) is 14.8 Å². The van der Waals surface area contributed by atoms with Crippen LogP contribution in [0.5, 0.6) is 5.88 Å². The monoisotopic (exact) mass is 208 g/mol. The standard InChI is InChI=1S/C9H8N2O2S/c12-8-7(14-9(13)11-8)5-6-3-1-2-4-10-6/h1-4,12H,5H2,(H,11,13). The maximum atomic E-state index is 10.9. The first kappa shape index (κ1) is 8.96. The smallest absolute Gasteiger partial charge is 0.307 e. The molecular weight excluding hydrogens is 200 g/mol. The Balaban J connectivity index is 2.27. The summed E-state index contributed by atoms with van der Waals surface area (Å²) in [6, 6.07) is 5.54. The fourth-order valence-electron chi connectivity index (χ4n) is 1.14. The molecule has 0 atom stereocenters. The molecule has 2 rings (SSSR count). The summed E-state index contributed by atoms with van der Waals surface area (Å²) in [5.41, 5.74) is 0.832. The molecule has 2 N–H and O–H groups in total. The van der Waals surface area contributed by atoms with E-state index in [1.807, 2.05) is 18.2 Å². The normalized spacial score (nSPS) is 10.3. The fourth-order valence-corrected chi connectivity index (χ4v) is 1.88. The second-order valence-corrected chi connectivity index (χ2v) is 3.85. The largest absolute Gasteiger partial charge is 0.494 e. The number of thiazole rings is 1. The summed E-state index contributed by atoms with van der Waals surface area (Å²) in [6.07, 6.45) is 2.16. The molecule has 4 nitrogen and oxygen atoms in total. The van der Waals surface area contributed by atoms with Gasteiger partial charge in [0.25, 0.3) is 0 Å². The van der Waals surface area contributed by atoms with Crippen LogP contribution in [0.25, 0.3) is 0 Å². The first-order valence-corrected chi connectivity index (χ1v) is 4.88. The Kier molecular flexibility index (Phi) is 2.32. The Morgan fingerprint density at radius 2 is 2.36 bits per heavy atom. The van der Waals surface area contributed by atoms with E-state index in [4.69, 9.17) is 0 Å². The molecule has 2 heterocycles. The van der Waals surface area contributed by atoms with Gasteiger partial charge in [-0.15, -0.1) is 0 Å². The summed E-state index contributed by atoms with van der Waals surface area (Å²) in [6.45, 7) is 0. The van der Waals surface area contributed by atoms with Gasteiger partial charge < -0.3 is 5.11 Å². The van der Waals surface area contributed by atoms with Crippen molar-refractivity contribution < 1.29 is 5.11 Å². The molecular formula is C9H8N2O2S. The van der Waals surface area contributed by atoms with E-state index in [0.29, 0.717) is 11.3 Å². The zero-order chi connectivity index (χ0) is 9.97. The molecule has 14 heavy (non-hydrogen) atoms. The number of pyridine rings is 1. The third kappa shape index (κ3) is 1.82. The molecule has 0 bridgehead atoms. The second-order valence-electron chi connectivity index (χ2n) is 2.78. The molecule has 0 radical (unpaired) electrons. The van der Waals surface area contributed by atoms with Crippen molar-refractivity contribution in [3.05, 3.63) is 44.6 Å². The van der Waals surface area contributed by atoms with Crippen LogP contribution < -0.4 is 4.87 Å². The number of aromatic nitrogens is 2. The third-order valence-corrected chi connectivity index (χ3v) is 2.64. The minimum absolute atomic E-state index is 0.0503. The van der Waals surface area contributed by atoms with E-state index in [1.54, 1.807) is 6.20 Å². The van der Waals surface area contributed by atoms with Gasteiger partial charge in [-0.2, -0.15) is 0 Å². The lowest BCUT2D eigenvalue weighted by Gasteiger charge is -1.96. The van der Waals surface area contributed by atoms with Gasteiger partial charge in [0.05, 0.1) is 4.88 Å². The summed E-state index contributed by atoms with van der Waals surface area (Å²) < 4.78 is 0. The predicted molar refractivity (Wildman–Crippen MR) is 53.6 cm³/mol. The summed E-state index contributed by atoms with van der Waals surface area (Å²) in [4.78, 5) is 17.7. The van der Waals surface area contributed by atoms with Crippen molar-refractivity contribution in [3.8, 4) is 5.88 Å². The molecule has 0 aliphatic carbocycles. The zero-order valence-electron chi connectivity index (χ0n) is 7.23. The number of nitrogens with one attached hydrogen (secondary N) is 1. The molecule has 0 aliphatic heterocycles. The number of hydrogen-bond acceptors (Lipinski definition) is 4. The highest BCUT2D eigenvalue weighted by Crippen LogP contribution is 2.18. The number of rotatable bonds is 2. The van der Waals surface area contributed by atoms with Crippen molar-refractivity contribution in [1.29, 1.82) is 0 Å². The number of aromatic hydroxyl groups is 1. The van der Waals surface area contributed by atoms with Crippen LogP contribution in [0.2, 0.25) is 0 Å². The van der Waals surface area contributed by atoms with E-state index in [1.165, 1.54) is 0 Å². The van der Waals surface area contributed by atoms with Crippen LogP contribution in [0.3, 0.4) is 0 Å². The molecule has 0 unspecified atom stereocenters. The highest BCUT2D eigenvalue weighted by Gasteiger charge is 2.07. The van der Waals surface area contributed by atoms with Crippen LogP contribution in [0.1, 0.15) is 10.6 Å². The number of hydrogen-bond donors (Lipinski definition) is 2. The lowest BCUT2D eigenvalue weighted by atomic mass is 10.2. The van der Waals surface area contributed by atoms with Gasteiger partial charge in [0.2, 0.25) is 5.88 Å². The summed E-state index contributed by atoms with van der Waals surface area (Å²) in [7, 11) is 0. The van der Waals surface area contributed by atoms with Crippen molar-refractivity contribution >= 4 is 11.3 Å². The van der Waals surface area contributed by atoms with Crippen LogP contribution in [-0.4, -0.2) is 15.1 Å². The Labute approximate surface area is 83.9 Å². The minimum atomic E-state index is -0.242. The van der Waals surface area contributed by atoms with Crippen molar-refractivity contribution in [2.75, 3.05) is 0 Å². The molecule has 0 aliphatic rings. The van der Waals surface area contributed by atoms with Crippen molar-refractivity contribution in [3.63, 3.8) is 0 Å². The van der Waals surface area contributed by atoms with E-state index in [-0.39, 0.29) is 10.8 Å². The highest BCUT2D eigenvalue weighted by molar-refractivity contribution is 7.09. The molecule has 0 fully saturated rings. The van der Waals surface area contributed by atoms with Crippen LogP contribution >= 0.6 is 11.3 Å². The van der Waals surface area contributed by atoms with E-state index in [2.05, 4.69) is 9.97 Å². The molecule has 0 amide bonds. The van der Waals surface area contributed by atoms with Crippen LogP contribution in [0.4, 0.5) is 0 Å². The average molecular weight is 208 g/mol. The van der Waals surface area contributed by atoms with Gasteiger partial charge >= 0.3 is 4.87 Å². The van der Waals surface area contributed by atoms with Crippen LogP contribution in [-0.2, 0) is 6.42 Å². The van der Waals surface area contributed by atoms with E-state index in [0.717, 1.165) is 17.0 Å². The molecule has 0 spiro atoms. The van der Waals surface area contributed by atoms with Crippen molar-refractivity contribution in [2.24, 2.45) is 0 Å². The quantitative estimate of drug-likeness (QED) is 0.777. The van der Waals surface area contributed by atoms with E-state index in [9.17, 15) is 9.90 Å². The molecule has 0 saturated carbocycles. The van der Waals surface area contributed by atoms with Gasteiger partial charge in [0.15, 0.2) is 0 Å². The second kappa shape index (κ2) is 3.63. The number of aromatic amines is 1. The van der Waals surface area contributed by atoms with Crippen LogP contribution in [0.15, 0.2) is 29.2 Å². The highest BCUT2D eigenvalue weighted by atomic mass is 32.1. The zero-order valence-corrected chi connectivity index (χ0v) is 8.04. The average Bonchev–Trinajstić information content (AvgIpc) is 2.47. The molecule has 2 aromatic rings. The summed E-state index contributed by atoms with van der Waals surface area (Å²) in [5, 5.41) is 9.32. The number of nitrogens with zero attached hydrogens (tertiary/aromatic N) is 1. The number of H-pyrrole nitrogens is 1. The Morgan fingerprint density at radius 1 is 1.50 bits per heavy atom. The predicted octanol–water partition coefficient (Wildman–Crippen LogP) is 1.13. The van der Waals surface area contributed by atoms with Crippen molar-refractivity contribution in [1.82, 2.24) is 9.97 Å². The SMILES string of the molecule is O=c1[nH]c(O)c(Cc2ccccn2)s1. The molecule has 5 heteroatoms. The van der Waals surface area contributed by atoms with Gasteiger partial charge in [0.1, 0.15) is 0 Å². The van der Waals surface area contributed by atoms with Gasteiger partial charge in [-0.1, -0.05) is 17.4 Å². The van der Waals surface area contributed by atoms with Crippen LogP contribution in [0, 0.1) is 0 Å². The fraction of sp³-hybridized carbons (Fsp3) is 0.111. The summed E-state index contributed by atoms with van der Waals surface area (Å²) >= 11 is 1.01. The third-order valence-electron chi connectivity index (χ3n) is 1.77. The van der Waals surface area contributed by atoms with Crippen molar-refractivity contribution in [2.45, 2.75) is 6.42 Å². The Hall–Kier alpha value is -1.62. The van der Waals surface area contributed by atoms with Gasteiger partial charge in [0, 0.05) is 18.3 Å². The molecule has 0 saturated heterocycles. The lowest BCUT2D eigenvalue weighted by Crippen LogP contribution is -1.89. The lowest BCUT2D eigenvalue weighted by molar-refractivity contribution is 0.451. The first-order chi connectivity index (χ1) is 6.75. The van der Waals surface area contributed by atoms with Gasteiger partial charge in [-0.25, -0.2) is 0 Å². The molecule has 72 valence electrons. The minimum Gasteiger partial charge on any atom is -0.494 e. The van der Waals surface area contributed by atoms with E-state index >= 15 is 0 Å². The topological polar surface area (TPSA) is 66.0 Å². The summed E-state index contributed by atoms with van der Waals surface area (Å²) in [5.74, 6) is -0.0503. The molecule has 2 aromatic heterocycles. The maximum absolute atomic E-state index is 10.9.